The predicted octanol–water partition coefficient (Wildman–Crippen LogP) is 5.48. The summed E-state index contributed by atoms with van der Waals surface area (Å²) in [4.78, 5) is 14.9. The van der Waals surface area contributed by atoms with Crippen molar-refractivity contribution in [3.8, 4) is 11.5 Å². The van der Waals surface area contributed by atoms with Gasteiger partial charge in [0.05, 0.1) is 13.2 Å². The number of aryl methyl sites for hydroxylation is 1. The molecule has 0 spiro atoms. The molecular formula is C25H23NO3. The van der Waals surface area contributed by atoms with E-state index < -0.39 is 0 Å². The Morgan fingerprint density at radius 1 is 0.931 bits per heavy atom. The zero-order chi connectivity index (χ0) is 20.0. The molecule has 0 N–H and O–H groups in total. The zero-order valence-electron chi connectivity index (χ0n) is 16.6. The summed E-state index contributed by atoms with van der Waals surface area (Å²) < 4.78 is 12.0. The van der Waals surface area contributed by atoms with E-state index in [9.17, 15) is 4.79 Å². The molecule has 5 rings (SSSR count). The average molecular weight is 385 g/mol. The van der Waals surface area contributed by atoms with Crippen LogP contribution < -0.4 is 14.4 Å². The van der Waals surface area contributed by atoms with Gasteiger partial charge in [0.25, 0.3) is 5.91 Å². The van der Waals surface area contributed by atoms with E-state index in [0.29, 0.717) is 11.5 Å². The average Bonchev–Trinajstić information content (AvgIpc) is 3.27. The third-order valence-corrected chi connectivity index (χ3v) is 6.02. The van der Waals surface area contributed by atoms with Crippen LogP contribution in [0.5, 0.6) is 11.5 Å². The van der Waals surface area contributed by atoms with Crippen LogP contribution >= 0.6 is 0 Å². The third-order valence-electron chi connectivity index (χ3n) is 6.02. The van der Waals surface area contributed by atoms with Crippen LogP contribution in [0.15, 0.2) is 66.7 Å². The minimum Gasteiger partial charge on any atom is -0.493 e. The fourth-order valence-electron chi connectivity index (χ4n) is 4.54. The van der Waals surface area contributed by atoms with E-state index in [4.69, 9.17) is 9.47 Å². The smallest absolute Gasteiger partial charge is 0.259 e. The molecule has 1 aliphatic carbocycles. The standard InChI is InChI=1S/C25H23NO3/c1-16-19-8-5-6-10-21(19)25(27)26(16)18-12-14-23(28-2)24(15-18)29-22-13-11-17-7-3-4-9-20(17)22/h3-10,12,14-16,22H,11,13H2,1-2H3. The highest BCUT2D eigenvalue weighted by Gasteiger charge is 2.35. The lowest BCUT2D eigenvalue weighted by Gasteiger charge is -2.24. The van der Waals surface area contributed by atoms with E-state index in [0.717, 1.165) is 29.7 Å². The van der Waals surface area contributed by atoms with Crippen molar-refractivity contribution >= 4 is 11.6 Å². The van der Waals surface area contributed by atoms with Crippen molar-refractivity contribution < 1.29 is 14.3 Å². The lowest BCUT2D eigenvalue weighted by Crippen LogP contribution is -2.26. The van der Waals surface area contributed by atoms with Gasteiger partial charge < -0.3 is 14.4 Å². The molecule has 0 saturated carbocycles. The van der Waals surface area contributed by atoms with E-state index in [1.807, 2.05) is 47.4 Å². The van der Waals surface area contributed by atoms with E-state index in [2.05, 4.69) is 31.2 Å². The molecule has 3 aromatic carbocycles. The van der Waals surface area contributed by atoms with E-state index in [1.54, 1.807) is 7.11 Å². The maximum absolute atomic E-state index is 13.0. The van der Waals surface area contributed by atoms with Crippen molar-refractivity contribution in [3.05, 3.63) is 89.0 Å². The van der Waals surface area contributed by atoms with Crippen LogP contribution in [0.25, 0.3) is 0 Å². The molecule has 0 bridgehead atoms. The fraction of sp³-hybridized carbons (Fsp3) is 0.240. The van der Waals surface area contributed by atoms with Gasteiger partial charge in [-0.3, -0.25) is 4.79 Å². The van der Waals surface area contributed by atoms with Gasteiger partial charge in [0.15, 0.2) is 11.5 Å². The second kappa shape index (κ2) is 6.96. The third kappa shape index (κ3) is 2.87. The highest BCUT2D eigenvalue weighted by molar-refractivity contribution is 6.11. The molecule has 1 amide bonds. The molecule has 2 unspecified atom stereocenters. The first-order chi connectivity index (χ1) is 14.2. The quantitative estimate of drug-likeness (QED) is 0.597. The Hall–Kier alpha value is -3.27. The molecule has 2 atom stereocenters. The Morgan fingerprint density at radius 3 is 2.48 bits per heavy atom. The topological polar surface area (TPSA) is 38.8 Å². The van der Waals surface area contributed by atoms with Crippen LogP contribution in [0.4, 0.5) is 5.69 Å². The Kier molecular flexibility index (Phi) is 4.27. The van der Waals surface area contributed by atoms with Gasteiger partial charge in [-0.15, -0.1) is 0 Å². The normalized spacial score (nSPS) is 19.8. The molecule has 0 saturated heterocycles. The SMILES string of the molecule is COc1ccc(N2C(=O)c3ccccc3C2C)cc1OC1CCc2ccccc21. The van der Waals surface area contributed by atoms with Crippen molar-refractivity contribution in [1.29, 1.82) is 0 Å². The van der Waals surface area contributed by atoms with Gasteiger partial charge in [0.2, 0.25) is 0 Å². The molecule has 1 aliphatic heterocycles. The maximum Gasteiger partial charge on any atom is 0.259 e. The maximum atomic E-state index is 13.0. The second-order valence-electron chi connectivity index (χ2n) is 7.62. The lowest BCUT2D eigenvalue weighted by atomic mass is 10.1. The predicted molar refractivity (Wildman–Crippen MR) is 113 cm³/mol. The number of ether oxygens (including phenoxy) is 2. The summed E-state index contributed by atoms with van der Waals surface area (Å²) in [5.74, 6) is 1.37. The number of anilines is 1. The molecule has 0 fully saturated rings. The molecule has 0 aromatic heterocycles. The summed E-state index contributed by atoms with van der Waals surface area (Å²) in [7, 11) is 1.64. The highest BCUT2D eigenvalue weighted by Crippen LogP contribution is 2.43. The van der Waals surface area contributed by atoms with Gasteiger partial charge in [0.1, 0.15) is 6.10 Å². The molecule has 29 heavy (non-hydrogen) atoms. The Labute approximate surface area is 170 Å². The molecular weight excluding hydrogens is 362 g/mol. The van der Waals surface area contributed by atoms with Crippen LogP contribution in [0, 0.1) is 0 Å². The number of fused-ring (bicyclic) bond motifs is 2. The summed E-state index contributed by atoms with van der Waals surface area (Å²) in [5.41, 5.74) is 5.22. The minimum absolute atomic E-state index is 0.000694. The molecule has 4 nitrogen and oxygen atoms in total. The number of hydrogen-bond acceptors (Lipinski definition) is 3. The summed E-state index contributed by atoms with van der Waals surface area (Å²) in [6.45, 7) is 2.06. The Bertz CT molecular complexity index is 1090. The summed E-state index contributed by atoms with van der Waals surface area (Å²) in [6.07, 6.45) is 1.95. The van der Waals surface area contributed by atoms with Gasteiger partial charge in [-0.2, -0.15) is 0 Å². The summed E-state index contributed by atoms with van der Waals surface area (Å²) in [6, 6.07) is 21.9. The van der Waals surface area contributed by atoms with Gasteiger partial charge >= 0.3 is 0 Å². The van der Waals surface area contributed by atoms with Crippen LogP contribution in [0.3, 0.4) is 0 Å². The van der Waals surface area contributed by atoms with Gasteiger partial charge in [0, 0.05) is 17.3 Å². The minimum atomic E-state index is -0.0212. The van der Waals surface area contributed by atoms with E-state index in [-0.39, 0.29) is 18.1 Å². The van der Waals surface area contributed by atoms with Crippen LogP contribution in [-0.4, -0.2) is 13.0 Å². The monoisotopic (exact) mass is 385 g/mol. The number of nitrogens with zero attached hydrogens (tertiary/aromatic N) is 1. The zero-order valence-corrected chi connectivity index (χ0v) is 16.6. The van der Waals surface area contributed by atoms with Crippen molar-refractivity contribution in [2.24, 2.45) is 0 Å². The second-order valence-corrected chi connectivity index (χ2v) is 7.62. The highest BCUT2D eigenvalue weighted by atomic mass is 16.5. The summed E-state index contributed by atoms with van der Waals surface area (Å²) >= 11 is 0. The van der Waals surface area contributed by atoms with Crippen LogP contribution in [0.1, 0.15) is 52.5 Å². The number of methoxy groups -OCH3 is 1. The number of hydrogen-bond donors (Lipinski definition) is 0. The molecule has 0 radical (unpaired) electrons. The molecule has 1 heterocycles. The largest absolute Gasteiger partial charge is 0.493 e. The number of amides is 1. The fourth-order valence-corrected chi connectivity index (χ4v) is 4.54. The van der Waals surface area contributed by atoms with E-state index in [1.165, 1.54) is 11.1 Å². The van der Waals surface area contributed by atoms with Crippen LogP contribution in [0.2, 0.25) is 0 Å². The van der Waals surface area contributed by atoms with Crippen molar-refractivity contribution in [2.45, 2.75) is 31.9 Å². The first-order valence-corrected chi connectivity index (χ1v) is 10.0. The van der Waals surface area contributed by atoms with Crippen molar-refractivity contribution in [3.63, 3.8) is 0 Å². The molecule has 3 aromatic rings. The van der Waals surface area contributed by atoms with Crippen LogP contribution in [-0.2, 0) is 6.42 Å². The number of rotatable bonds is 4. The Morgan fingerprint density at radius 2 is 1.69 bits per heavy atom. The van der Waals surface area contributed by atoms with Gasteiger partial charge in [-0.1, -0.05) is 42.5 Å². The van der Waals surface area contributed by atoms with E-state index >= 15 is 0 Å². The molecule has 146 valence electrons. The first kappa shape index (κ1) is 17.8. The van der Waals surface area contributed by atoms with Gasteiger partial charge in [-0.05, 0) is 54.7 Å². The number of benzene rings is 3. The van der Waals surface area contributed by atoms with Crippen molar-refractivity contribution in [1.82, 2.24) is 0 Å². The molecule has 4 heteroatoms. The summed E-state index contributed by atoms with van der Waals surface area (Å²) in [5, 5.41) is 0. The Balaban J connectivity index is 1.49. The van der Waals surface area contributed by atoms with Gasteiger partial charge in [-0.25, -0.2) is 0 Å². The molecule has 2 aliphatic rings. The first-order valence-electron chi connectivity index (χ1n) is 10.0. The van der Waals surface area contributed by atoms with Crippen molar-refractivity contribution in [2.75, 3.05) is 12.0 Å². The number of carbonyl (C=O) groups is 1. The lowest BCUT2D eigenvalue weighted by molar-refractivity contribution is 0.0992. The number of carbonyl (C=O) groups excluding carboxylic acids is 1.